The van der Waals surface area contributed by atoms with Crippen molar-refractivity contribution in [2.24, 2.45) is 11.1 Å². The minimum Gasteiger partial charge on any atom is -0.468 e. The number of primary amides is 1. The van der Waals surface area contributed by atoms with Gasteiger partial charge in [-0.1, -0.05) is 26.2 Å². The number of carbonyl (C=O) groups is 1. The average Bonchev–Trinajstić information content (AvgIpc) is 2.88. The number of hydrogen-bond donors (Lipinski definition) is 2. The summed E-state index contributed by atoms with van der Waals surface area (Å²) in [6.45, 7) is 2.83. The van der Waals surface area contributed by atoms with Crippen LogP contribution in [0.5, 0.6) is 0 Å². The van der Waals surface area contributed by atoms with E-state index >= 15 is 0 Å². The molecule has 0 bridgehead atoms. The molecule has 1 aliphatic rings. The molecule has 1 amide bonds. The van der Waals surface area contributed by atoms with E-state index < -0.39 is 0 Å². The molecule has 1 aromatic rings. The van der Waals surface area contributed by atoms with Gasteiger partial charge in [0.05, 0.1) is 18.8 Å². The Morgan fingerprint density at radius 1 is 1.47 bits per heavy atom. The summed E-state index contributed by atoms with van der Waals surface area (Å²) in [5.41, 5.74) is 5.76. The molecule has 4 heteroatoms. The molecule has 0 unspecified atom stereocenters. The molecule has 1 aliphatic carbocycles. The Labute approximate surface area is 114 Å². The van der Waals surface area contributed by atoms with Gasteiger partial charge in [-0.05, 0) is 36.8 Å². The minimum atomic E-state index is -0.270. The number of carbonyl (C=O) groups excluding carboxylic acids is 1. The maximum absolute atomic E-state index is 11.6. The third kappa shape index (κ3) is 4.10. The van der Waals surface area contributed by atoms with Crippen molar-refractivity contribution in [3.63, 3.8) is 0 Å². The molecule has 1 heterocycles. The zero-order valence-corrected chi connectivity index (χ0v) is 11.7. The molecule has 106 valence electrons. The molecule has 1 fully saturated rings. The molecule has 0 spiro atoms. The highest BCUT2D eigenvalue weighted by molar-refractivity contribution is 5.79. The summed E-state index contributed by atoms with van der Waals surface area (Å²) < 4.78 is 5.26. The van der Waals surface area contributed by atoms with Crippen molar-refractivity contribution < 1.29 is 9.21 Å². The predicted molar refractivity (Wildman–Crippen MR) is 74.3 cm³/mol. The van der Waals surface area contributed by atoms with Crippen molar-refractivity contribution in [2.75, 3.05) is 0 Å². The van der Waals surface area contributed by atoms with Crippen molar-refractivity contribution in [2.45, 2.75) is 58.0 Å². The van der Waals surface area contributed by atoms with Crippen LogP contribution in [0.25, 0.3) is 0 Å². The van der Waals surface area contributed by atoms with Gasteiger partial charge >= 0.3 is 0 Å². The molecule has 4 nitrogen and oxygen atoms in total. The lowest BCUT2D eigenvalue weighted by atomic mass is 9.72. The van der Waals surface area contributed by atoms with Gasteiger partial charge in [0, 0.05) is 0 Å². The lowest BCUT2D eigenvalue weighted by Crippen LogP contribution is -2.44. The van der Waals surface area contributed by atoms with E-state index in [2.05, 4.69) is 12.2 Å². The Morgan fingerprint density at radius 2 is 2.21 bits per heavy atom. The number of rotatable bonds is 6. The van der Waals surface area contributed by atoms with E-state index in [1.807, 2.05) is 12.1 Å². The highest BCUT2D eigenvalue weighted by Gasteiger charge is 2.31. The molecule has 19 heavy (non-hydrogen) atoms. The Balaban J connectivity index is 1.90. The fourth-order valence-electron chi connectivity index (χ4n) is 3.01. The Morgan fingerprint density at radius 3 is 2.79 bits per heavy atom. The van der Waals surface area contributed by atoms with Crippen LogP contribution in [0.2, 0.25) is 0 Å². The number of furan rings is 1. The van der Waals surface area contributed by atoms with Crippen molar-refractivity contribution in [1.82, 2.24) is 5.32 Å². The van der Waals surface area contributed by atoms with Crippen molar-refractivity contribution >= 4 is 5.91 Å². The average molecular weight is 264 g/mol. The third-order valence-electron chi connectivity index (χ3n) is 4.20. The normalized spacial score (nSPS) is 20.1. The van der Waals surface area contributed by atoms with Crippen molar-refractivity contribution in [3.8, 4) is 0 Å². The highest BCUT2D eigenvalue weighted by Crippen LogP contribution is 2.39. The predicted octanol–water partition coefficient (Wildman–Crippen LogP) is 2.58. The largest absolute Gasteiger partial charge is 0.468 e. The van der Waals surface area contributed by atoms with E-state index in [-0.39, 0.29) is 17.4 Å². The van der Waals surface area contributed by atoms with Crippen LogP contribution in [0.3, 0.4) is 0 Å². The summed E-state index contributed by atoms with van der Waals surface area (Å²) in [6.07, 6.45) is 8.69. The second kappa shape index (κ2) is 6.24. The monoisotopic (exact) mass is 264 g/mol. The SMILES string of the molecule is CC1(C[C@@H](NCc2ccco2)C(N)=O)CCCCC1. The molecule has 0 radical (unpaired) electrons. The molecule has 0 saturated heterocycles. The Kier molecular flexibility index (Phi) is 4.64. The molecule has 1 aromatic heterocycles. The van der Waals surface area contributed by atoms with E-state index in [9.17, 15) is 4.79 Å². The summed E-state index contributed by atoms with van der Waals surface area (Å²) in [4.78, 5) is 11.6. The quantitative estimate of drug-likeness (QED) is 0.829. The number of hydrogen-bond acceptors (Lipinski definition) is 3. The van der Waals surface area contributed by atoms with Gasteiger partial charge in [0.1, 0.15) is 5.76 Å². The lowest BCUT2D eigenvalue weighted by molar-refractivity contribution is -0.121. The Hall–Kier alpha value is -1.29. The first-order valence-electron chi connectivity index (χ1n) is 7.14. The molecule has 1 saturated carbocycles. The number of amides is 1. The summed E-state index contributed by atoms with van der Waals surface area (Å²) in [6, 6.07) is 3.47. The maximum atomic E-state index is 11.6. The van der Waals surface area contributed by atoms with Crippen LogP contribution in [0, 0.1) is 5.41 Å². The van der Waals surface area contributed by atoms with Gasteiger partial charge in [0.15, 0.2) is 0 Å². The van der Waals surface area contributed by atoms with Crippen LogP contribution in [-0.2, 0) is 11.3 Å². The summed E-state index contributed by atoms with van der Waals surface area (Å²) >= 11 is 0. The molecule has 1 atom stereocenters. The van der Waals surface area contributed by atoms with Gasteiger partial charge in [-0.2, -0.15) is 0 Å². The smallest absolute Gasteiger partial charge is 0.234 e. The van der Waals surface area contributed by atoms with Gasteiger partial charge < -0.3 is 10.2 Å². The fraction of sp³-hybridized carbons (Fsp3) is 0.667. The van der Waals surface area contributed by atoms with Crippen molar-refractivity contribution in [1.29, 1.82) is 0 Å². The maximum Gasteiger partial charge on any atom is 0.234 e. The zero-order valence-electron chi connectivity index (χ0n) is 11.7. The number of nitrogens with two attached hydrogens (primary N) is 1. The second-order valence-electron chi connectivity index (χ2n) is 5.99. The lowest BCUT2D eigenvalue weighted by Gasteiger charge is -2.36. The summed E-state index contributed by atoms with van der Waals surface area (Å²) in [5, 5.41) is 3.23. The molecule has 0 aromatic carbocycles. The zero-order chi connectivity index (χ0) is 13.7. The molecular weight excluding hydrogens is 240 g/mol. The Bertz CT molecular complexity index is 394. The van der Waals surface area contributed by atoms with Gasteiger partial charge in [0.25, 0.3) is 0 Å². The van der Waals surface area contributed by atoms with Crippen molar-refractivity contribution in [3.05, 3.63) is 24.2 Å². The van der Waals surface area contributed by atoms with E-state index in [1.165, 1.54) is 32.1 Å². The van der Waals surface area contributed by atoms with Crippen LogP contribution < -0.4 is 11.1 Å². The standard InChI is InChI=1S/C15H24N2O2/c1-15(7-3-2-4-8-15)10-13(14(16)18)17-11-12-6-5-9-19-12/h5-6,9,13,17H,2-4,7-8,10-11H2,1H3,(H2,16,18)/t13-/m1/s1. The van der Waals surface area contributed by atoms with Crippen LogP contribution in [0.15, 0.2) is 22.8 Å². The first-order valence-corrected chi connectivity index (χ1v) is 7.14. The molecule has 2 rings (SSSR count). The highest BCUT2D eigenvalue weighted by atomic mass is 16.3. The molecule has 0 aliphatic heterocycles. The van der Waals surface area contributed by atoms with E-state index in [0.717, 1.165) is 12.2 Å². The summed E-state index contributed by atoms with van der Waals surface area (Å²) in [5.74, 6) is 0.568. The van der Waals surface area contributed by atoms with E-state index in [1.54, 1.807) is 6.26 Å². The number of nitrogens with one attached hydrogen (secondary N) is 1. The second-order valence-corrected chi connectivity index (χ2v) is 5.99. The van der Waals surface area contributed by atoms with Gasteiger partial charge in [-0.15, -0.1) is 0 Å². The molecular formula is C15H24N2O2. The first kappa shape index (κ1) is 14.1. The van der Waals surface area contributed by atoms with Crippen LogP contribution >= 0.6 is 0 Å². The minimum absolute atomic E-state index is 0.244. The van der Waals surface area contributed by atoms with Gasteiger partial charge in [-0.25, -0.2) is 0 Å². The van der Waals surface area contributed by atoms with Gasteiger partial charge in [0.2, 0.25) is 5.91 Å². The van der Waals surface area contributed by atoms with E-state index in [4.69, 9.17) is 10.2 Å². The topological polar surface area (TPSA) is 68.3 Å². The summed E-state index contributed by atoms with van der Waals surface area (Å²) in [7, 11) is 0. The van der Waals surface area contributed by atoms with Crippen LogP contribution in [0.4, 0.5) is 0 Å². The fourth-order valence-corrected chi connectivity index (χ4v) is 3.01. The van der Waals surface area contributed by atoms with Crippen LogP contribution in [0.1, 0.15) is 51.2 Å². The van der Waals surface area contributed by atoms with Crippen LogP contribution in [-0.4, -0.2) is 11.9 Å². The first-order chi connectivity index (χ1) is 9.09. The van der Waals surface area contributed by atoms with E-state index in [0.29, 0.717) is 6.54 Å². The molecule has 3 N–H and O–H groups in total. The van der Waals surface area contributed by atoms with Gasteiger partial charge in [-0.3, -0.25) is 10.1 Å². The third-order valence-corrected chi connectivity index (χ3v) is 4.20.